The lowest BCUT2D eigenvalue weighted by Gasteiger charge is -2.32. The zero-order valence-corrected chi connectivity index (χ0v) is 20.3. The number of nitrogens with zero attached hydrogens (tertiary/aromatic N) is 4. The van der Waals surface area contributed by atoms with E-state index in [-0.39, 0.29) is 24.0 Å². The number of aliphatic imine (C=N–C) groups is 1. The average molecular weight is 542 g/mol. The molecule has 2 rings (SSSR count). The molecule has 0 radical (unpaired) electrons. The van der Waals surface area contributed by atoms with E-state index in [1.54, 1.807) is 0 Å². The number of nitrogens with one attached hydrogen (secondary N) is 2. The molecular weight excluding hydrogens is 508 g/mol. The van der Waals surface area contributed by atoms with Crippen LogP contribution in [-0.2, 0) is 6.54 Å². The van der Waals surface area contributed by atoms with Gasteiger partial charge in [-0.2, -0.15) is 13.2 Å². The van der Waals surface area contributed by atoms with Crippen LogP contribution in [0.4, 0.5) is 19.0 Å². The number of pyridine rings is 1. The summed E-state index contributed by atoms with van der Waals surface area (Å²) in [6.45, 7) is 4.25. The molecule has 0 saturated carbocycles. The van der Waals surface area contributed by atoms with E-state index in [9.17, 15) is 13.2 Å². The van der Waals surface area contributed by atoms with Crippen LogP contribution in [0.5, 0.6) is 0 Å². The van der Waals surface area contributed by atoms with Crippen molar-refractivity contribution in [1.29, 1.82) is 0 Å². The SMILES string of the molecule is CCNC(=NCc1cccc(N(C)C)n1)NCCC1CCN(CC(F)(F)F)CC1.I. The van der Waals surface area contributed by atoms with E-state index in [1.807, 2.05) is 44.1 Å². The molecule has 6 nitrogen and oxygen atoms in total. The zero-order chi connectivity index (χ0) is 21.3. The minimum atomic E-state index is -4.10. The first-order valence-electron chi connectivity index (χ1n) is 10.2. The molecular formula is C20H34F3IN6. The number of aromatic nitrogens is 1. The van der Waals surface area contributed by atoms with Crippen LogP contribution in [-0.4, -0.2) is 68.8 Å². The van der Waals surface area contributed by atoms with Crippen molar-refractivity contribution in [2.75, 3.05) is 51.7 Å². The van der Waals surface area contributed by atoms with Gasteiger partial charge in [-0.3, -0.25) is 4.90 Å². The second-order valence-electron chi connectivity index (χ2n) is 7.63. The molecule has 1 aliphatic rings. The highest BCUT2D eigenvalue weighted by Crippen LogP contribution is 2.23. The number of rotatable bonds is 8. The molecule has 10 heteroatoms. The third-order valence-electron chi connectivity index (χ3n) is 4.95. The van der Waals surface area contributed by atoms with Crippen LogP contribution < -0.4 is 15.5 Å². The fourth-order valence-electron chi connectivity index (χ4n) is 3.39. The molecule has 0 unspecified atom stereocenters. The minimum absolute atomic E-state index is 0. The summed E-state index contributed by atoms with van der Waals surface area (Å²) < 4.78 is 37.4. The van der Waals surface area contributed by atoms with Gasteiger partial charge in [-0.05, 0) is 57.3 Å². The summed E-state index contributed by atoms with van der Waals surface area (Å²) in [6, 6.07) is 5.88. The molecule has 1 saturated heterocycles. The van der Waals surface area contributed by atoms with Gasteiger partial charge in [0, 0.05) is 27.2 Å². The Labute approximate surface area is 194 Å². The van der Waals surface area contributed by atoms with Crippen molar-refractivity contribution in [2.45, 2.75) is 38.9 Å². The van der Waals surface area contributed by atoms with Gasteiger partial charge < -0.3 is 15.5 Å². The monoisotopic (exact) mass is 542 g/mol. The van der Waals surface area contributed by atoms with E-state index in [0.29, 0.717) is 25.6 Å². The Balaban J connectivity index is 0.00000450. The van der Waals surface area contributed by atoms with E-state index in [4.69, 9.17) is 0 Å². The maximum atomic E-state index is 12.5. The van der Waals surface area contributed by atoms with Crippen LogP contribution in [0.3, 0.4) is 0 Å². The first-order valence-corrected chi connectivity index (χ1v) is 10.2. The largest absolute Gasteiger partial charge is 0.401 e. The summed E-state index contributed by atoms with van der Waals surface area (Å²) in [6.07, 6.45) is -1.55. The summed E-state index contributed by atoms with van der Waals surface area (Å²) in [5.41, 5.74) is 0.894. The molecule has 1 aromatic heterocycles. The smallest absolute Gasteiger partial charge is 0.363 e. The van der Waals surface area contributed by atoms with Gasteiger partial charge in [-0.1, -0.05) is 6.07 Å². The number of hydrogen-bond donors (Lipinski definition) is 2. The molecule has 2 N–H and O–H groups in total. The zero-order valence-electron chi connectivity index (χ0n) is 18.0. The summed E-state index contributed by atoms with van der Waals surface area (Å²) >= 11 is 0. The van der Waals surface area contributed by atoms with E-state index in [1.165, 1.54) is 4.90 Å². The predicted octanol–water partition coefficient (Wildman–Crippen LogP) is 3.49. The van der Waals surface area contributed by atoms with Gasteiger partial charge in [-0.25, -0.2) is 9.98 Å². The standard InChI is InChI=1S/C20H33F3N6.HI/c1-4-24-19(26-14-17-6-5-7-18(27-17)28(2)3)25-11-8-16-9-12-29(13-10-16)15-20(21,22)23;/h5-7,16H,4,8-15H2,1-3H3,(H2,24,25,26);1H. The van der Waals surface area contributed by atoms with Gasteiger partial charge in [0.15, 0.2) is 5.96 Å². The van der Waals surface area contributed by atoms with E-state index in [0.717, 1.165) is 49.8 Å². The molecule has 2 heterocycles. The predicted molar refractivity (Wildman–Crippen MR) is 127 cm³/mol. The summed E-state index contributed by atoms with van der Waals surface area (Å²) in [4.78, 5) is 12.6. The van der Waals surface area contributed by atoms with Crippen molar-refractivity contribution < 1.29 is 13.2 Å². The minimum Gasteiger partial charge on any atom is -0.363 e. The molecule has 1 fully saturated rings. The summed E-state index contributed by atoms with van der Waals surface area (Å²) in [5.74, 6) is 2.08. The molecule has 30 heavy (non-hydrogen) atoms. The van der Waals surface area contributed by atoms with Gasteiger partial charge in [0.1, 0.15) is 5.82 Å². The lowest BCUT2D eigenvalue weighted by Crippen LogP contribution is -2.41. The quantitative estimate of drug-likeness (QED) is 0.300. The molecule has 0 aromatic carbocycles. The number of hydrogen-bond acceptors (Lipinski definition) is 4. The van der Waals surface area contributed by atoms with Crippen LogP contribution in [0, 0.1) is 5.92 Å². The molecule has 0 amide bonds. The highest BCUT2D eigenvalue weighted by Gasteiger charge is 2.32. The number of piperidine rings is 1. The van der Waals surface area contributed by atoms with E-state index in [2.05, 4.69) is 20.6 Å². The van der Waals surface area contributed by atoms with Crippen molar-refractivity contribution in [3.63, 3.8) is 0 Å². The third kappa shape index (κ3) is 10.1. The lowest BCUT2D eigenvalue weighted by atomic mass is 9.93. The molecule has 0 spiro atoms. The number of guanidine groups is 1. The van der Waals surface area contributed by atoms with Crippen LogP contribution in [0.15, 0.2) is 23.2 Å². The Morgan fingerprint density at radius 1 is 1.23 bits per heavy atom. The van der Waals surface area contributed by atoms with Crippen LogP contribution in [0.1, 0.15) is 31.9 Å². The first-order chi connectivity index (χ1) is 13.8. The number of anilines is 1. The highest BCUT2D eigenvalue weighted by molar-refractivity contribution is 14.0. The average Bonchev–Trinajstić information content (AvgIpc) is 2.66. The Hall–Kier alpha value is -1.30. The van der Waals surface area contributed by atoms with Crippen LogP contribution >= 0.6 is 24.0 Å². The molecule has 1 aromatic rings. The topological polar surface area (TPSA) is 55.8 Å². The summed E-state index contributed by atoms with van der Waals surface area (Å²) in [5, 5.41) is 6.56. The summed E-state index contributed by atoms with van der Waals surface area (Å²) in [7, 11) is 3.91. The Bertz CT molecular complexity index is 646. The Kier molecular flexibility index (Phi) is 11.7. The number of halogens is 4. The Morgan fingerprint density at radius 3 is 2.53 bits per heavy atom. The van der Waals surface area contributed by atoms with E-state index >= 15 is 0 Å². The fraction of sp³-hybridized carbons (Fsp3) is 0.700. The molecule has 0 aliphatic carbocycles. The normalized spacial score (nSPS) is 16.1. The van der Waals surface area contributed by atoms with Crippen molar-refractivity contribution >= 4 is 35.8 Å². The molecule has 0 atom stereocenters. The maximum absolute atomic E-state index is 12.5. The molecule has 172 valence electrons. The van der Waals surface area contributed by atoms with Crippen molar-refractivity contribution in [3.05, 3.63) is 23.9 Å². The van der Waals surface area contributed by atoms with E-state index < -0.39 is 12.7 Å². The van der Waals surface area contributed by atoms with Crippen LogP contribution in [0.2, 0.25) is 0 Å². The second-order valence-corrected chi connectivity index (χ2v) is 7.63. The van der Waals surface area contributed by atoms with Crippen molar-refractivity contribution in [3.8, 4) is 0 Å². The first kappa shape index (κ1) is 26.7. The van der Waals surface area contributed by atoms with Gasteiger partial charge in [0.25, 0.3) is 0 Å². The Morgan fingerprint density at radius 2 is 1.93 bits per heavy atom. The third-order valence-corrected chi connectivity index (χ3v) is 4.95. The van der Waals surface area contributed by atoms with Crippen LogP contribution in [0.25, 0.3) is 0 Å². The molecule has 1 aliphatic heterocycles. The highest BCUT2D eigenvalue weighted by atomic mass is 127. The lowest BCUT2D eigenvalue weighted by molar-refractivity contribution is -0.148. The maximum Gasteiger partial charge on any atom is 0.401 e. The number of alkyl halides is 3. The number of likely N-dealkylation sites (tertiary alicyclic amines) is 1. The molecule has 0 bridgehead atoms. The van der Waals surface area contributed by atoms with Gasteiger partial charge in [-0.15, -0.1) is 24.0 Å². The van der Waals surface area contributed by atoms with Crippen molar-refractivity contribution in [1.82, 2.24) is 20.5 Å². The van der Waals surface area contributed by atoms with Gasteiger partial charge in [0.05, 0.1) is 18.8 Å². The van der Waals surface area contributed by atoms with Crippen molar-refractivity contribution in [2.24, 2.45) is 10.9 Å². The van der Waals surface area contributed by atoms with Gasteiger partial charge in [0.2, 0.25) is 0 Å². The van der Waals surface area contributed by atoms with Gasteiger partial charge >= 0.3 is 6.18 Å². The second kappa shape index (κ2) is 13.2. The fourth-order valence-corrected chi connectivity index (χ4v) is 3.39.